The van der Waals surface area contributed by atoms with Crippen LogP contribution in [0.4, 0.5) is 0 Å². The van der Waals surface area contributed by atoms with Gasteiger partial charge in [-0.1, -0.05) is 62.8 Å². The molecule has 0 aliphatic carbocycles. The van der Waals surface area contributed by atoms with E-state index in [0.29, 0.717) is 26.1 Å². The number of esters is 1. The van der Waals surface area contributed by atoms with E-state index in [1.165, 1.54) is 0 Å². The zero-order valence-electron chi connectivity index (χ0n) is 15.6. The molecule has 3 nitrogen and oxygen atoms in total. The Morgan fingerprint density at radius 2 is 1.75 bits per heavy atom. The van der Waals surface area contributed by atoms with Crippen molar-refractivity contribution >= 4 is 5.97 Å². The van der Waals surface area contributed by atoms with Crippen molar-refractivity contribution in [3.8, 4) is 0 Å². The van der Waals surface area contributed by atoms with Crippen molar-refractivity contribution in [2.75, 3.05) is 13.2 Å². The van der Waals surface area contributed by atoms with E-state index in [0.717, 1.165) is 11.1 Å². The van der Waals surface area contributed by atoms with E-state index in [-0.39, 0.29) is 17.3 Å². The number of allylic oxidation sites excluding steroid dienone is 1. The Morgan fingerprint density at radius 1 is 1.17 bits per heavy atom. The minimum Gasteiger partial charge on any atom is -0.454 e. The van der Waals surface area contributed by atoms with Crippen LogP contribution in [0, 0.1) is 11.3 Å². The fourth-order valence-corrected chi connectivity index (χ4v) is 3.15. The van der Waals surface area contributed by atoms with Gasteiger partial charge in [-0.05, 0) is 24.8 Å². The summed E-state index contributed by atoms with van der Waals surface area (Å²) in [7, 11) is 0. The number of carbonyl (C=O) groups is 1. The monoisotopic (exact) mass is 330 g/mol. The molecule has 1 aromatic rings. The molecule has 1 fully saturated rings. The van der Waals surface area contributed by atoms with Gasteiger partial charge in [0.15, 0.2) is 0 Å². The molecule has 0 bridgehead atoms. The van der Waals surface area contributed by atoms with Crippen molar-refractivity contribution in [1.82, 2.24) is 0 Å². The molecule has 3 heteroatoms. The molecule has 1 saturated heterocycles. The largest absolute Gasteiger partial charge is 0.454 e. The molecule has 132 valence electrons. The highest BCUT2D eigenvalue weighted by Crippen LogP contribution is 2.39. The molecule has 2 rings (SSSR count). The first-order chi connectivity index (χ1) is 11.2. The van der Waals surface area contributed by atoms with Crippen LogP contribution in [-0.4, -0.2) is 19.2 Å². The third kappa shape index (κ3) is 4.47. The summed E-state index contributed by atoms with van der Waals surface area (Å²) in [6, 6.07) is 10.1. The Morgan fingerprint density at radius 3 is 2.25 bits per heavy atom. The SMILES string of the molecule is CC(C)=CC(C(=O)OC1(c2ccccc2)CCOCC1)C(C)(C)C. The van der Waals surface area contributed by atoms with Crippen LogP contribution in [0.5, 0.6) is 0 Å². The summed E-state index contributed by atoms with van der Waals surface area (Å²) in [5, 5.41) is 0. The zero-order chi connectivity index (χ0) is 17.8. The Labute approximate surface area is 146 Å². The minimum absolute atomic E-state index is 0.144. The molecule has 1 unspecified atom stereocenters. The fraction of sp³-hybridized carbons (Fsp3) is 0.571. The summed E-state index contributed by atoms with van der Waals surface area (Å²) in [6.45, 7) is 11.5. The molecule has 1 aliphatic heterocycles. The Balaban J connectivity index is 2.32. The van der Waals surface area contributed by atoms with Crippen LogP contribution >= 0.6 is 0 Å². The lowest BCUT2D eigenvalue weighted by atomic mass is 9.79. The second kappa shape index (κ2) is 7.52. The lowest BCUT2D eigenvalue weighted by molar-refractivity contribution is -0.178. The molecule has 1 heterocycles. The van der Waals surface area contributed by atoms with Gasteiger partial charge in [-0.15, -0.1) is 0 Å². The Bertz CT molecular complexity index is 571. The van der Waals surface area contributed by atoms with E-state index in [1.807, 2.05) is 50.3 Å². The molecule has 0 amide bonds. The number of benzene rings is 1. The van der Waals surface area contributed by atoms with Gasteiger partial charge in [-0.2, -0.15) is 0 Å². The maximum atomic E-state index is 13.1. The van der Waals surface area contributed by atoms with Crippen molar-refractivity contribution in [1.29, 1.82) is 0 Å². The number of hydrogen-bond acceptors (Lipinski definition) is 3. The molecular weight excluding hydrogens is 300 g/mol. The lowest BCUT2D eigenvalue weighted by Gasteiger charge is -2.39. The predicted molar refractivity (Wildman–Crippen MR) is 96.6 cm³/mol. The van der Waals surface area contributed by atoms with Gasteiger partial charge in [0.25, 0.3) is 0 Å². The van der Waals surface area contributed by atoms with Crippen LogP contribution in [0.1, 0.15) is 53.0 Å². The third-order valence-corrected chi connectivity index (χ3v) is 4.58. The summed E-state index contributed by atoms with van der Waals surface area (Å²) < 4.78 is 11.7. The van der Waals surface area contributed by atoms with E-state index in [9.17, 15) is 4.79 Å². The van der Waals surface area contributed by atoms with Crippen molar-refractivity contribution in [3.63, 3.8) is 0 Å². The molecule has 1 atom stereocenters. The minimum atomic E-state index is -0.574. The highest BCUT2D eigenvalue weighted by atomic mass is 16.6. The molecule has 1 aliphatic rings. The first-order valence-electron chi connectivity index (χ1n) is 8.76. The average Bonchev–Trinajstić information content (AvgIpc) is 2.53. The van der Waals surface area contributed by atoms with E-state index >= 15 is 0 Å². The quantitative estimate of drug-likeness (QED) is 0.584. The van der Waals surface area contributed by atoms with E-state index in [4.69, 9.17) is 9.47 Å². The smallest absolute Gasteiger partial charge is 0.314 e. The molecule has 24 heavy (non-hydrogen) atoms. The van der Waals surface area contributed by atoms with Crippen molar-refractivity contribution < 1.29 is 14.3 Å². The van der Waals surface area contributed by atoms with Crippen molar-refractivity contribution in [2.24, 2.45) is 11.3 Å². The maximum absolute atomic E-state index is 13.1. The molecule has 0 aromatic heterocycles. The second-order valence-electron chi connectivity index (χ2n) is 7.98. The highest BCUT2D eigenvalue weighted by molar-refractivity contribution is 5.76. The molecule has 0 radical (unpaired) electrons. The van der Waals surface area contributed by atoms with Gasteiger partial charge < -0.3 is 9.47 Å². The van der Waals surface area contributed by atoms with Gasteiger partial charge in [-0.3, -0.25) is 4.79 Å². The van der Waals surface area contributed by atoms with Crippen molar-refractivity contribution in [3.05, 3.63) is 47.5 Å². The van der Waals surface area contributed by atoms with Crippen LogP contribution in [0.25, 0.3) is 0 Å². The Kier molecular flexibility index (Phi) is 5.87. The number of hydrogen-bond donors (Lipinski definition) is 0. The first-order valence-corrected chi connectivity index (χ1v) is 8.76. The fourth-order valence-electron chi connectivity index (χ4n) is 3.15. The first kappa shape index (κ1) is 18.7. The van der Waals surface area contributed by atoms with E-state index < -0.39 is 5.60 Å². The summed E-state index contributed by atoms with van der Waals surface area (Å²) in [4.78, 5) is 13.1. The maximum Gasteiger partial charge on any atom is 0.314 e. The third-order valence-electron chi connectivity index (χ3n) is 4.58. The molecule has 1 aromatic carbocycles. The van der Waals surface area contributed by atoms with Gasteiger partial charge in [-0.25, -0.2) is 0 Å². The molecular formula is C21H30O3. The molecule has 0 N–H and O–H groups in total. The lowest BCUT2D eigenvalue weighted by Crippen LogP contribution is -2.41. The predicted octanol–water partition coefficient (Wildman–Crippen LogP) is 4.86. The van der Waals surface area contributed by atoms with Crippen molar-refractivity contribution in [2.45, 2.75) is 53.1 Å². The normalized spacial score (nSPS) is 18.5. The van der Waals surface area contributed by atoms with Crippen LogP contribution in [-0.2, 0) is 19.9 Å². The summed E-state index contributed by atoms with van der Waals surface area (Å²) in [6.07, 6.45) is 3.43. The van der Waals surface area contributed by atoms with Crippen LogP contribution in [0.2, 0.25) is 0 Å². The average molecular weight is 330 g/mol. The summed E-state index contributed by atoms with van der Waals surface area (Å²) in [5.41, 5.74) is 1.44. The zero-order valence-corrected chi connectivity index (χ0v) is 15.6. The van der Waals surface area contributed by atoms with Gasteiger partial charge in [0.1, 0.15) is 5.60 Å². The number of rotatable bonds is 4. The van der Waals surface area contributed by atoms with Crippen LogP contribution in [0.15, 0.2) is 42.0 Å². The van der Waals surface area contributed by atoms with E-state index in [1.54, 1.807) is 0 Å². The van der Waals surface area contributed by atoms with Crippen LogP contribution < -0.4 is 0 Å². The molecule has 0 saturated carbocycles. The van der Waals surface area contributed by atoms with Gasteiger partial charge in [0, 0.05) is 12.8 Å². The standard InChI is InChI=1S/C21H30O3/c1-16(2)15-18(20(3,4)5)19(22)24-21(11-13-23-14-12-21)17-9-7-6-8-10-17/h6-10,15,18H,11-14H2,1-5H3. The summed E-state index contributed by atoms with van der Waals surface area (Å²) in [5.74, 6) is -0.402. The van der Waals surface area contributed by atoms with E-state index in [2.05, 4.69) is 20.8 Å². The Hall–Kier alpha value is -1.61. The van der Waals surface area contributed by atoms with Gasteiger partial charge in [0.05, 0.1) is 19.1 Å². The van der Waals surface area contributed by atoms with Crippen LogP contribution in [0.3, 0.4) is 0 Å². The second-order valence-corrected chi connectivity index (χ2v) is 7.98. The highest BCUT2D eigenvalue weighted by Gasteiger charge is 2.41. The number of carbonyl (C=O) groups excluding carboxylic acids is 1. The topological polar surface area (TPSA) is 35.5 Å². The van der Waals surface area contributed by atoms with Gasteiger partial charge >= 0.3 is 5.97 Å². The van der Waals surface area contributed by atoms with Gasteiger partial charge in [0.2, 0.25) is 0 Å². The molecule has 0 spiro atoms. The number of ether oxygens (including phenoxy) is 2. The summed E-state index contributed by atoms with van der Waals surface area (Å²) >= 11 is 0.